The number of hydrogen-bond acceptors (Lipinski definition) is 6. The van der Waals surface area contributed by atoms with Crippen molar-refractivity contribution in [3.63, 3.8) is 0 Å². The number of benzene rings is 1. The average Bonchev–Trinajstić information content (AvgIpc) is 2.98. The molecule has 1 aliphatic rings. The van der Waals surface area contributed by atoms with Crippen LogP contribution in [0.25, 0.3) is 10.6 Å². The van der Waals surface area contributed by atoms with Gasteiger partial charge in [-0.05, 0) is 26.2 Å². The van der Waals surface area contributed by atoms with E-state index < -0.39 is 0 Å². The topological polar surface area (TPSA) is 62.6 Å². The monoisotopic (exact) mass is 361 g/mol. The molecule has 0 N–H and O–H groups in total. The molecular weight excluding hydrogens is 346 g/mol. The van der Waals surface area contributed by atoms with Crippen LogP contribution in [-0.2, 0) is 0 Å². The van der Waals surface area contributed by atoms with Gasteiger partial charge in [0.05, 0.1) is 18.7 Å². The summed E-state index contributed by atoms with van der Waals surface area (Å²) in [6, 6.07) is 7.17. The van der Waals surface area contributed by atoms with Crippen molar-refractivity contribution in [1.29, 1.82) is 0 Å². The lowest BCUT2D eigenvalue weighted by Crippen LogP contribution is -2.27. The van der Waals surface area contributed by atoms with Crippen molar-refractivity contribution < 1.29 is 9.59 Å². The number of Topliss-reactive ketones (excluding diaryl/α,β-unsaturated/α-hetero) is 2. The Morgan fingerprint density at radius 2 is 1.96 bits per heavy atom. The van der Waals surface area contributed by atoms with E-state index in [0.717, 1.165) is 12.1 Å². The third-order valence-electron chi connectivity index (χ3n) is 3.63. The van der Waals surface area contributed by atoms with Crippen molar-refractivity contribution in [2.24, 2.45) is 4.99 Å². The number of likely N-dealkylation sites (N-methyl/N-ethyl adjacent to an activating group) is 1. The number of nitrogens with zero attached hydrogens (tertiary/aromatic N) is 3. The van der Waals surface area contributed by atoms with Crippen LogP contribution in [0.15, 0.2) is 29.3 Å². The van der Waals surface area contributed by atoms with Gasteiger partial charge in [0.2, 0.25) is 5.78 Å². The maximum atomic E-state index is 12.6. The molecule has 0 saturated heterocycles. The van der Waals surface area contributed by atoms with Crippen molar-refractivity contribution in [3.8, 4) is 10.6 Å². The van der Waals surface area contributed by atoms with Gasteiger partial charge in [-0.1, -0.05) is 23.7 Å². The maximum absolute atomic E-state index is 12.6. The molecule has 124 valence electrons. The first-order valence-corrected chi connectivity index (χ1v) is 8.68. The van der Waals surface area contributed by atoms with Crippen molar-refractivity contribution >= 4 is 40.2 Å². The summed E-state index contributed by atoms with van der Waals surface area (Å²) in [6.45, 7) is 1.23. The van der Waals surface area contributed by atoms with Crippen LogP contribution in [0.5, 0.6) is 0 Å². The van der Waals surface area contributed by atoms with Crippen LogP contribution in [0.1, 0.15) is 26.6 Å². The van der Waals surface area contributed by atoms with Crippen molar-refractivity contribution in [2.75, 3.05) is 27.2 Å². The molecule has 3 rings (SSSR count). The number of fused-ring (bicyclic) bond motifs is 1. The van der Waals surface area contributed by atoms with Gasteiger partial charge in [0.25, 0.3) is 0 Å². The summed E-state index contributed by atoms with van der Waals surface area (Å²) in [5, 5.41) is 1.27. The molecule has 0 aliphatic heterocycles. The lowest BCUT2D eigenvalue weighted by Gasteiger charge is -2.11. The van der Waals surface area contributed by atoms with E-state index in [0.29, 0.717) is 27.2 Å². The second kappa shape index (κ2) is 6.93. The predicted molar refractivity (Wildman–Crippen MR) is 96.7 cm³/mol. The summed E-state index contributed by atoms with van der Waals surface area (Å²) in [6.07, 6.45) is 0.0308. The summed E-state index contributed by atoms with van der Waals surface area (Å²) in [5.74, 6) is -0.328. The molecule has 7 heteroatoms. The van der Waals surface area contributed by atoms with E-state index in [1.165, 1.54) is 11.3 Å². The number of hydrogen-bond donors (Lipinski definition) is 0. The normalized spacial score (nSPS) is 16.1. The standard InChI is InChI=1S/C17H16ClN3O2S/c1-21(2)8-7-19-12-9-13(22)14-16(15(12)23)24-17(20-14)10-3-5-11(18)6-4-10/h3-6H,7-9H2,1-2H3. The average molecular weight is 362 g/mol. The van der Waals surface area contributed by atoms with E-state index in [9.17, 15) is 9.59 Å². The van der Waals surface area contributed by atoms with Gasteiger partial charge < -0.3 is 4.90 Å². The van der Waals surface area contributed by atoms with E-state index in [1.54, 1.807) is 12.1 Å². The predicted octanol–water partition coefficient (Wildman–Crippen LogP) is 3.24. The zero-order valence-electron chi connectivity index (χ0n) is 13.4. The highest BCUT2D eigenvalue weighted by Gasteiger charge is 2.33. The highest BCUT2D eigenvalue weighted by molar-refractivity contribution is 7.18. The van der Waals surface area contributed by atoms with E-state index in [2.05, 4.69) is 9.98 Å². The Bertz CT molecular complexity index is 825. The van der Waals surface area contributed by atoms with E-state index in [4.69, 9.17) is 11.6 Å². The second-order valence-corrected chi connectivity index (χ2v) is 7.20. The minimum absolute atomic E-state index is 0.0308. The summed E-state index contributed by atoms with van der Waals surface area (Å²) in [5.41, 5.74) is 1.44. The van der Waals surface area contributed by atoms with Crippen LogP contribution in [0.4, 0.5) is 0 Å². The Balaban J connectivity index is 1.91. The molecule has 0 atom stereocenters. The molecule has 0 bridgehead atoms. The zero-order chi connectivity index (χ0) is 17.3. The fourth-order valence-electron chi connectivity index (χ4n) is 2.34. The highest BCUT2D eigenvalue weighted by atomic mass is 35.5. The number of ketones is 2. The first-order chi connectivity index (χ1) is 11.5. The minimum atomic E-state index is -0.180. The van der Waals surface area contributed by atoms with E-state index >= 15 is 0 Å². The van der Waals surface area contributed by atoms with Crippen molar-refractivity contribution in [1.82, 2.24) is 9.88 Å². The lowest BCUT2D eigenvalue weighted by atomic mass is 9.98. The van der Waals surface area contributed by atoms with Crippen molar-refractivity contribution in [2.45, 2.75) is 6.42 Å². The summed E-state index contributed by atoms with van der Waals surface area (Å²) < 4.78 is 0. The minimum Gasteiger partial charge on any atom is -0.308 e. The third-order valence-corrected chi connectivity index (χ3v) is 4.98. The molecular formula is C17H16ClN3O2S. The molecule has 1 aromatic heterocycles. The molecule has 0 unspecified atom stereocenters. The van der Waals surface area contributed by atoms with Crippen LogP contribution in [0.3, 0.4) is 0 Å². The lowest BCUT2D eigenvalue weighted by molar-refractivity contribution is 0.0963. The number of aromatic nitrogens is 1. The molecule has 24 heavy (non-hydrogen) atoms. The molecule has 5 nitrogen and oxygen atoms in total. The molecule has 1 heterocycles. The number of carbonyl (C=O) groups excluding carboxylic acids is 2. The van der Waals surface area contributed by atoms with Gasteiger partial charge in [0, 0.05) is 17.1 Å². The van der Waals surface area contributed by atoms with Gasteiger partial charge in [-0.3, -0.25) is 14.6 Å². The molecule has 0 spiro atoms. The fourth-order valence-corrected chi connectivity index (χ4v) is 3.52. The summed E-state index contributed by atoms with van der Waals surface area (Å²) in [4.78, 5) is 36.0. The number of thiazole rings is 1. The van der Waals surface area contributed by atoms with E-state index in [1.807, 2.05) is 31.1 Å². The van der Waals surface area contributed by atoms with Gasteiger partial charge >= 0.3 is 0 Å². The molecule has 0 amide bonds. The Labute approximate surface area is 149 Å². The maximum Gasteiger partial charge on any atom is 0.219 e. The SMILES string of the molecule is CN(C)CCN=C1CC(=O)c2nc(-c3ccc(Cl)cc3)sc2C1=O. The Morgan fingerprint density at radius 3 is 2.62 bits per heavy atom. The quantitative estimate of drug-likeness (QED) is 0.838. The second-order valence-electron chi connectivity index (χ2n) is 5.76. The van der Waals surface area contributed by atoms with Crippen LogP contribution in [0.2, 0.25) is 5.02 Å². The fraction of sp³-hybridized carbons (Fsp3) is 0.294. The first kappa shape index (κ1) is 17.0. The number of halogens is 1. The molecule has 2 aromatic rings. The molecule has 1 aromatic carbocycles. The summed E-state index contributed by atoms with van der Waals surface area (Å²) in [7, 11) is 3.88. The van der Waals surface area contributed by atoms with Crippen LogP contribution < -0.4 is 0 Å². The van der Waals surface area contributed by atoms with Crippen molar-refractivity contribution in [3.05, 3.63) is 39.9 Å². The Morgan fingerprint density at radius 1 is 1.25 bits per heavy atom. The summed E-state index contributed by atoms with van der Waals surface area (Å²) >= 11 is 7.13. The Hall–Kier alpha value is -1.89. The number of aliphatic imine (C=N–C) groups is 1. The largest absolute Gasteiger partial charge is 0.308 e. The van der Waals surface area contributed by atoms with Gasteiger partial charge in [0.1, 0.15) is 15.6 Å². The van der Waals surface area contributed by atoms with Gasteiger partial charge in [-0.15, -0.1) is 11.3 Å². The van der Waals surface area contributed by atoms with Gasteiger partial charge in [0.15, 0.2) is 5.78 Å². The smallest absolute Gasteiger partial charge is 0.219 e. The van der Waals surface area contributed by atoms with Crippen LogP contribution in [0, 0.1) is 0 Å². The molecule has 0 radical (unpaired) electrons. The van der Waals surface area contributed by atoms with Crippen LogP contribution in [-0.4, -0.2) is 54.3 Å². The van der Waals surface area contributed by atoms with Gasteiger partial charge in [-0.2, -0.15) is 0 Å². The first-order valence-electron chi connectivity index (χ1n) is 7.48. The third kappa shape index (κ3) is 3.45. The molecule has 1 aliphatic carbocycles. The number of rotatable bonds is 4. The molecule has 0 fully saturated rings. The van der Waals surface area contributed by atoms with Gasteiger partial charge in [-0.25, -0.2) is 4.98 Å². The van der Waals surface area contributed by atoms with E-state index in [-0.39, 0.29) is 23.7 Å². The highest BCUT2D eigenvalue weighted by Crippen LogP contribution is 2.32. The number of carbonyl (C=O) groups is 2. The zero-order valence-corrected chi connectivity index (χ0v) is 14.9. The molecule has 0 saturated carbocycles. The Kier molecular flexibility index (Phi) is 4.89. The van der Waals surface area contributed by atoms with Crippen LogP contribution >= 0.6 is 22.9 Å².